The summed E-state index contributed by atoms with van der Waals surface area (Å²) in [6, 6.07) is 4.13. The molecule has 1 aliphatic carbocycles. The normalized spacial score (nSPS) is 16.1. The highest BCUT2D eigenvalue weighted by Gasteiger charge is 2.12. The van der Waals surface area contributed by atoms with Crippen LogP contribution in [0.5, 0.6) is 0 Å². The first-order valence-electron chi connectivity index (χ1n) is 5.96. The summed E-state index contributed by atoms with van der Waals surface area (Å²) in [7, 11) is 0. The van der Waals surface area contributed by atoms with Gasteiger partial charge < -0.3 is 0 Å². The van der Waals surface area contributed by atoms with E-state index in [1.54, 1.807) is 6.07 Å². The van der Waals surface area contributed by atoms with Gasteiger partial charge in [0.25, 0.3) is 0 Å². The van der Waals surface area contributed by atoms with Crippen molar-refractivity contribution in [2.24, 2.45) is 0 Å². The molecule has 0 aliphatic heterocycles. The van der Waals surface area contributed by atoms with Gasteiger partial charge >= 0.3 is 0 Å². The average molecular weight is 234 g/mol. The minimum absolute atomic E-state index is 0.771. The first kappa shape index (κ1) is 12.0. The summed E-state index contributed by atoms with van der Waals surface area (Å²) in [5.74, 6) is -1.56. The number of rotatable bonds is 2. The third-order valence-corrected chi connectivity index (χ3v) is 3.34. The van der Waals surface area contributed by atoms with E-state index in [1.807, 2.05) is 0 Å². The van der Waals surface area contributed by atoms with Gasteiger partial charge in [-0.2, -0.15) is 0 Å². The molecule has 1 aliphatic rings. The minimum Gasteiger partial charge on any atom is -0.204 e. The lowest BCUT2D eigenvalue weighted by atomic mass is 9.88. The van der Waals surface area contributed by atoms with Gasteiger partial charge in [0.05, 0.1) is 0 Å². The molecular weight excluding hydrogens is 218 g/mol. The summed E-state index contributed by atoms with van der Waals surface area (Å²) < 4.78 is 26.0. The predicted octanol–water partition coefficient (Wildman–Crippen LogP) is 4.87. The lowest BCUT2D eigenvalue weighted by molar-refractivity contribution is 0.508. The predicted molar refractivity (Wildman–Crippen MR) is 66.6 cm³/mol. The first-order valence-corrected chi connectivity index (χ1v) is 5.96. The molecule has 17 heavy (non-hydrogen) atoms. The second-order valence-electron chi connectivity index (χ2n) is 4.46. The molecule has 2 rings (SSSR count). The van der Waals surface area contributed by atoms with Crippen molar-refractivity contribution < 1.29 is 8.78 Å². The molecule has 0 amide bonds. The van der Waals surface area contributed by atoms with Gasteiger partial charge in [-0.25, -0.2) is 8.78 Å². The Morgan fingerprint density at radius 2 is 1.88 bits per heavy atom. The number of allylic oxidation sites excluding steroid dienone is 4. The van der Waals surface area contributed by atoms with E-state index >= 15 is 0 Å². The molecule has 90 valence electrons. The molecule has 0 aromatic heterocycles. The van der Waals surface area contributed by atoms with Crippen molar-refractivity contribution in [1.82, 2.24) is 0 Å². The number of hydrogen-bond donors (Lipinski definition) is 0. The zero-order valence-electron chi connectivity index (χ0n) is 10.2. The van der Waals surface area contributed by atoms with Gasteiger partial charge in [-0.05, 0) is 55.0 Å². The molecule has 1 aromatic rings. The fourth-order valence-electron chi connectivity index (χ4n) is 2.22. The summed E-state index contributed by atoms with van der Waals surface area (Å²) in [5, 5.41) is 0. The van der Waals surface area contributed by atoms with Crippen LogP contribution < -0.4 is 0 Å². The van der Waals surface area contributed by atoms with E-state index in [1.165, 1.54) is 23.3 Å². The van der Waals surface area contributed by atoms with Crippen LogP contribution >= 0.6 is 0 Å². The molecule has 0 N–H and O–H groups in total. The second-order valence-corrected chi connectivity index (χ2v) is 4.46. The molecule has 1 aromatic carbocycles. The van der Waals surface area contributed by atoms with Crippen LogP contribution in [0.25, 0.3) is 5.57 Å². The van der Waals surface area contributed by atoms with Crippen molar-refractivity contribution in [3.63, 3.8) is 0 Å². The van der Waals surface area contributed by atoms with Crippen molar-refractivity contribution >= 4 is 5.57 Å². The van der Waals surface area contributed by atoms with Crippen LogP contribution in [-0.2, 0) is 0 Å². The van der Waals surface area contributed by atoms with E-state index in [9.17, 15) is 8.78 Å². The molecule has 0 bridgehead atoms. The Bertz CT molecular complexity index is 496. The molecule has 0 atom stereocenters. The minimum atomic E-state index is -0.785. The number of benzene rings is 1. The van der Waals surface area contributed by atoms with Crippen LogP contribution in [0.1, 0.15) is 38.7 Å². The third-order valence-electron chi connectivity index (χ3n) is 3.34. The van der Waals surface area contributed by atoms with Gasteiger partial charge in [0.1, 0.15) is 0 Å². The summed E-state index contributed by atoms with van der Waals surface area (Å²) in [4.78, 5) is 0. The van der Waals surface area contributed by atoms with Crippen LogP contribution in [0.4, 0.5) is 8.78 Å². The standard InChI is InChI=1S/C15H16F2/c1-3-11-8-12(5-4-10(11)2)13-6-7-14(16)15(17)9-13/h6-9H,3-5H2,1-2H3. The smallest absolute Gasteiger partial charge is 0.159 e. The molecule has 2 heteroatoms. The Hall–Kier alpha value is -1.44. The fraction of sp³-hybridized carbons (Fsp3) is 0.333. The molecule has 0 saturated heterocycles. The zero-order chi connectivity index (χ0) is 12.4. The monoisotopic (exact) mass is 234 g/mol. The van der Waals surface area contributed by atoms with Crippen molar-refractivity contribution in [3.05, 3.63) is 52.6 Å². The van der Waals surface area contributed by atoms with Crippen LogP contribution in [-0.4, -0.2) is 0 Å². The maximum absolute atomic E-state index is 13.2. The molecule has 0 radical (unpaired) electrons. The molecule has 0 fully saturated rings. The molecular formula is C15H16F2. The van der Waals surface area contributed by atoms with Gasteiger partial charge in [0.15, 0.2) is 11.6 Å². The maximum atomic E-state index is 13.2. The van der Waals surface area contributed by atoms with E-state index in [0.717, 1.165) is 30.4 Å². The van der Waals surface area contributed by atoms with E-state index in [0.29, 0.717) is 0 Å². The highest BCUT2D eigenvalue weighted by molar-refractivity contribution is 5.70. The molecule has 0 unspecified atom stereocenters. The van der Waals surface area contributed by atoms with Gasteiger partial charge in [-0.1, -0.05) is 24.6 Å². The van der Waals surface area contributed by atoms with E-state index in [2.05, 4.69) is 19.9 Å². The van der Waals surface area contributed by atoms with Gasteiger partial charge in [-0.3, -0.25) is 0 Å². The Morgan fingerprint density at radius 3 is 2.53 bits per heavy atom. The fourth-order valence-corrected chi connectivity index (χ4v) is 2.22. The van der Waals surface area contributed by atoms with Crippen molar-refractivity contribution in [2.75, 3.05) is 0 Å². The van der Waals surface area contributed by atoms with Crippen molar-refractivity contribution in [3.8, 4) is 0 Å². The molecule has 0 spiro atoms. The van der Waals surface area contributed by atoms with Gasteiger partial charge in [0.2, 0.25) is 0 Å². The molecule has 0 nitrogen and oxygen atoms in total. The zero-order valence-corrected chi connectivity index (χ0v) is 10.2. The number of hydrogen-bond acceptors (Lipinski definition) is 0. The first-order chi connectivity index (χ1) is 8.11. The Morgan fingerprint density at radius 1 is 1.12 bits per heavy atom. The molecule has 0 heterocycles. The highest BCUT2D eigenvalue weighted by Crippen LogP contribution is 2.31. The van der Waals surface area contributed by atoms with Crippen LogP contribution in [0.3, 0.4) is 0 Å². The quantitative estimate of drug-likeness (QED) is 0.685. The SMILES string of the molecule is CCC1=C(C)CCC(c2ccc(F)c(F)c2)=C1. The van der Waals surface area contributed by atoms with Gasteiger partial charge in [0, 0.05) is 0 Å². The summed E-state index contributed by atoms with van der Waals surface area (Å²) >= 11 is 0. The summed E-state index contributed by atoms with van der Waals surface area (Å²) in [6.07, 6.45) is 5.01. The summed E-state index contributed by atoms with van der Waals surface area (Å²) in [6.45, 7) is 4.25. The largest absolute Gasteiger partial charge is 0.204 e. The molecule has 0 saturated carbocycles. The lowest BCUT2D eigenvalue weighted by Gasteiger charge is -2.17. The van der Waals surface area contributed by atoms with Crippen LogP contribution in [0, 0.1) is 11.6 Å². The second kappa shape index (κ2) is 4.82. The topological polar surface area (TPSA) is 0 Å². The Labute approximate surface area is 101 Å². The number of halogens is 2. The van der Waals surface area contributed by atoms with E-state index in [-0.39, 0.29) is 0 Å². The third kappa shape index (κ3) is 2.46. The lowest BCUT2D eigenvalue weighted by Crippen LogP contribution is -1.98. The van der Waals surface area contributed by atoms with Crippen LogP contribution in [0.15, 0.2) is 35.4 Å². The maximum Gasteiger partial charge on any atom is 0.159 e. The van der Waals surface area contributed by atoms with Crippen LogP contribution in [0.2, 0.25) is 0 Å². The van der Waals surface area contributed by atoms with Crippen molar-refractivity contribution in [1.29, 1.82) is 0 Å². The highest BCUT2D eigenvalue weighted by atomic mass is 19.2. The summed E-state index contributed by atoms with van der Waals surface area (Å²) in [5.41, 5.74) is 4.61. The van der Waals surface area contributed by atoms with Gasteiger partial charge in [-0.15, -0.1) is 0 Å². The Kier molecular flexibility index (Phi) is 3.41. The van der Waals surface area contributed by atoms with E-state index in [4.69, 9.17) is 0 Å². The average Bonchev–Trinajstić information content (AvgIpc) is 2.33. The van der Waals surface area contributed by atoms with Crippen molar-refractivity contribution in [2.45, 2.75) is 33.1 Å². The van der Waals surface area contributed by atoms with E-state index < -0.39 is 11.6 Å². The Balaban J connectivity index is 2.38.